The predicted octanol–water partition coefficient (Wildman–Crippen LogP) is 3.35. The summed E-state index contributed by atoms with van der Waals surface area (Å²) in [5.41, 5.74) is 1.29. The lowest BCUT2D eigenvalue weighted by molar-refractivity contribution is -0.0440. The standard InChI is InChI=1S/C23H27ClN2O5S/c1-16-13-26(14-17(2)31-16)32(28,29)21-5-3-4-19(12-21)23(27)25-10-11-30-22(15-25)18-6-8-20(24)9-7-18/h3-9,12,16-17,22H,10-11,13-15H2,1-2H3. The van der Waals surface area contributed by atoms with E-state index in [9.17, 15) is 13.2 Å². The first-order valence-electron chi connectivity index (χ1n) is 10.7. The minimum atomic E-state index is -3.73. The minimum absolute atomic E-state index is 0.118. The number of amides is 1. The average molecular weight is 479 g/mol. The molecule has 2 aromatic carbocycles. The minimum Gasteiger partial charge on any atom is -0.373 e. The van der Waals surface area contributed by atoms with Gasteiger partial charge in [0.25, 0.3) is 5.91 Å². The molecule has 2 saturated heterocycles. The molecule has 2 fully saturated rings. The van der Waals surface area contributed by atoms with Gasteiger partial charge in [0.2, 0.25) is 10.0 Å². The fourth-order valence-electron chi connectivity index (χ4n) is 4.16. The summed E-state index contributed by atoms with van der Waals surface area (Å²) in [5, 5.41) is 0.638. The molecule has 0 N–H and O–H groups in total. The zero-order chi connectivity index (χ0) is 22.9. The summed E-state index contributed by atoms with van der Waals surface area (Å²) >= 11 is 5.97. The van der Waals surface area contributed by atoms with Crippen LogP contribution < -0.4 is 0 Å². The van der Waals surface area contributed by atoms with E-state index in [0.717, 1.165) is 5.56 Å². The van der Waals surface area contributed by atoms with Crippen molar-refractivity contribution < 1.29 is 22.7 Å². The molecule has 2 aliphatic rings. The number of ether oxygens (including phenoxy) is 2. The first kappa shape index (κ1) is 23.2. The lowest BCUT2D eigenvalue weighted by atomic mass is 10.1. The number of hydrogen-bond donors (Lipinski definition) is 0. The molecule has 0 radical (unpaired) electrons. The maximum Gasteiger partial charge on any atom is 0.254 e. The van der Waals surface area contributed by atoms with Crippen molar-refractivity contribution in [3.63, 3.8) is 0 Å². The van der Waals surface area contributed by atoms with Gasteiger partial charge in [-0.15, -0.1) is 0 Å². The molecule has 4 rings (SSSR count). The lowest BCUT2D eigenvalue weighted by Gasteiger charge is -2.34. The molecule has 0 aromatic heterocycles. The highest BCUT2D eigenvalue weighted by Crippen LogP contribution is 2.26. The van der Waals surface area contributed by atoms with E-state index in [4.69, 9.17) is 21.1 Å². The van der Waals surface area contributed by atoms with Crippen LogP contribution in [0.2, 0.25) is 5.02 Å². The van der Waals surface area contributed by atoms with Crippen molar-refractivity contribution in [3.8, 4) is 0 Å². The van der Waals surface area contributed by atoms with Gasteiger partial charge in [-0.1, -0.05) is 29.8 Å². The Labute approximate surface area is 193 Å². The van der Waals surface area contributed by atoms with E-state index in [2.05, 4.69) is 0 Å². The number of benzene rings is 2. The summed E-state index contributed by atoms with van der Waals surface area (Å²) in [6.07, 6.45) is -0.624. The molecule has 0 aliphatic carbocycles. The molecule has 7 nitrogen and oxygen atoms in total. The first-order valence-corrected chi connectivity index (χ1v) is 12.5. The van der Waals surface area contributed by atoms with Gasteiger partial charge in [-0.25, -0.2) is 8.42 Å². The summed E-state index contributed by atoms with van der Waals surface area (Å²) in [5.74, 6) is -0.215. The second kappa shape index (κ2) is 9.49. The molecule has 3 atom stereocenters. The normalized spacial score (nSPS) is 25.0. The van der Waals surface area contributed by atoms with Crippen LogP contribution in [0.5, 0.6) is 0 Å². The third kappa shape index (κ3) is 5.00. The van der Waals surface area contributed by atoms with Gasteiger partial charge in [0.05, 0.1) is 30.3 Å². The van der Waals surface area contributed by atoms with Crippen LogP contribution in [0.25, 0.3) is 0 Å². The number of hydrogen-bond acceptors (Lipinski definition) is 5. The van der Waals surface area contributed by atoms with Crippen molar-refractivity contribution in [2.45, 2.75) is 37.1 Å². The van der Waals surface area contributed by atoms with Gasteiger partial charge in [-0.05, 0) is 49.7 Å². The molecule has 9 heteroatoms. The Morgan fingerprint density at radius 1 is 1.03 bits per heavy atom. The van der Waals surface area contributed by atoms with Crippen molar-refractivity contribution in [2.24, 2.45) is 0 Å². The highest BCUT2D eigenvalue weighted by molar-refractivity contribution is 7.89. The quantitative estimate of drug-likeness (QED) is 0.673. The average Bonchev–Trinajstić information content (AvgIpc) is 2.78. The molecule has 2 aliphatic heterocycles. The Morgan fingerprint density at radius 3 is 2.41 bits per heavy atom. The van der Waals surface area contributed by atoms with Gasteiger partial charge >= 0.3 is 0 Å². The van der Waals surface area contributed by atoms with Crippen LogP contribution in [0.15, 0.2) is 53.4 Å². The molecular formula is C23H27ClN2O5S. The summed E-state index contributed by atoms with van der Waals surface area (Å²) < 4.78 is 39.4. The molecule has 0 bridgehead atoms. The zero-order valence-corrected chi connectivity index (χ0v) is 19.7. The molecule has 0 saturated carbocycles. The smallest absolute Gasteiger partial charge is 0.254 e. The first-order chi connectivity index (χ1) is 15.2. The summed E-state index contributed by atoms with van der Waals surface area (Å²) in [6.45, 7) is 5.52. The monoisotopic (exact) mass is 478 g/mol. The Morgan fingerprint density at radius 2 is 1.72 bits per heavy atom. The summed E-state index contributed by atoms with van der Waals surface area (Å²) in [7, 11) is -3.73. The number of halogens is 1. The fraction of sp³-hybridized carbons (Fsp3) is 0.435. The van der Waals surface area contributed by atoms with Crippen LogP contribution in [0.1, 0.15) is 35.9 Å². The van der Waals surface area contributed by atoms with E-state index in [1.165, 1.54) is 16.4 Å². The number of rotatable bonds is 4. The van der Waals surface area contributed by atoms with Crippen LogP contribution in [0, 0.1) is 0 Å². The Balaban J connectivity index is 1.52. The van der Waals surface area contributed by atoms with Crippen molar-refractivity contribution in [1.29, 1.82) is 0 Å². The van der Waals surface area contributed by atoms with E-state index < -0.39 is 10.0 Å². The van der Waals surface area contributed by atoms with E-state index in [0.29, 0.717) is 30.3 Å². The number of nitrogens with zero attached hydrogens (tertiary/aromatic N) is 2. The molecule has 2 heterocycles. The Hall–Kier alpha value is -1.97. The largest absolute Gasteiger partial charge is 0.373 e. The Kier molecular flexibility index (Phi) is 6.88. The summed E-state index contributed by atoms with van der Waals surface area (Å²) in [6, 6.07) is 13.6. The van der Waals surface area contributed by atoms with Crippen molar-refractivity contribution >= 4 is 27.5 Å². The molecule has 2 aromatic rings. The molecule has 3 unspecified atom stereocenters. The van der Waals surface area contributed by atoms with Gasteiger partial charge in [-0.3, -0.25) is 4.79 Å². The molecular weight excluding hydrogens is 452 g/mol. The van der Waals surface area contributed by atoms with Crippen LogP contribution >= 0.6 is 11.6 Å². The van der Waals surface area contributed by atoms with Gasteiger partial charge in [0.15, 0.2) is 0 Å². The third-order valence-electron chi connectivity index (χ3n) is 5.70. The topological polar surface area (TPSA) is 76.2 Å². The summed E-state index contributed by atoms with van der Waals surface area (Å²) in [4.78, 5) is 15.0. The Bertz CT molecular complexity index is 1070. The van der Waals surface area contributed by atoms with E-state index in [-0.39, 0.29) is 42.2 Å². The zero-order valence-electron chi connectivity index (χ0n) is 18.1. The molecule has 172 valence electrons. The van der Waals surface area contributed by atoms with Gasteiger partial charge in [-0.2, -0.15) is 4.31 Å². The predicted molar refractivity (Wildman–Crippen MR) is 121 cm³/mol. The molecule has 0 spiro atoms. The number of sulfonamides is 1. The van der Waals surface area contributed by atoms with Gasteiger partial charge in [0, 0.05) is 30.2 Å². The molecule has 1 amide bonds. The van der Waals surface area contributed by atoms with Crippen molar-refractivity contribution in [1.82, 2.24) is 9.21 Å². The second-order valence-corrected chi connectivity index (χ2v) is 10.6. The highest BCUT2D eigenvalue weighted by atomic mass is 35.5. The van der Waals surface area contributed by atoms with Crippen LogP contribution in [0.3, 0.4) is 0 Å². The van der Waals surface area contributed by atoms with E-state index in [1.807, 2.05) is 26.0 Å². The van der Waals surface area contributed by atoms with E-state index >= 15 is 0 Å². The van der Waals surface area contributed by atoms with Crippen molar-refractivity contribution in [2.75, 3.05) is 32.8 Å². The SMILES string of the molecule is CC1CN(S(=O)(=O)c2cccc(C(=O)N3CCOC(c4ccc(Cl)cc4)C3)c2)CC(C)O1. The van der Waals surface area contributed by atoms with Crippen molar-refractivity contribution in [3.05, 3.63) is 64.7 Å². The number of carbonyl (C=O) groups excluding carboxylic acids is 1. The number of morpholine rings is 2. The molecule has 32 heavy (non-hydrogen) atoms. The van der Waals surface area contributed by atoms with Crippen LogP contribution in [-0.2, 0) is 19.5 Å². The van der Waals surface area contributed by atoms with Crippen LogP contribution in [-0.4, -0.2) is 68.5 Å². The highest BCUT2D eigenvalue weighted by Gasteiger charge is 2.33. The van der Waals surface area contributed by atoms with Gasteiger partial charge < -0.3 is 14.4 Å². The lowest BCUT2D eigenvalue weighted by Crippen LogP contribution is -2.48. The second-order valence-electron chi connectivity index (χ2n) is 8.27. The number of carbonyl (C=O) groups is 1. The van der Waals surface area contributed by atoms with Crippen LogP contribution in [0.4, 0.5) is 0 Å². The maximum absolute atomic E-state index is 13.2. The van der Waals surface area contributed by atoms with Gasteiger partial charge in [0.1, 0.15) is 6.10 Å². The maximum atomic E-state index is 13.2. The fourth-order valence-corrected chi connectivity index (χ4v) is 5.92. The van der Waals surface area contributed by atoms with E-state index in [1.54, 1.807) is 29.2 Å². The third-order valence-corrected chi connectivity index (χ3v) is 7.78.